The van der Waals surface area contributed by atoms with Crippen molar-refractivity contribution >= 4 is 41.8 Å². The topological polar surface area (TPSA) is 0 Å². The van der Waals surface area contributed by atoms with Gasteiger partial charge in [0.2, 0.25) is 0 Å². The third-order valence-corrected chi connectivity index (χ3v) is 10.8. The van der Waals surface area contributed by atoms with Crippen LogP contribution in [0.5, 0.6) is 0 Å². The van der Waals surface area contributed by atoms with Gasteiger partial charge in [-0.2, -0.15) is 0 Å². The Labute approximate surface area is 103 Å². The normalized spacial score (nSPS) is 51.1. The van der Waals surface area contributed by atoms with Gasteiger partial charge in [-0.1, -0.05) is 0 Å². The Bertz CT molecular complexity index is 274. The van der Waals surface area contributed by atoms with E-state index in [2.05, 4.69) is 15.1 Å². The fraction of sp³-hybridized carbons (Fsp3) is 1.00. The molecule has 0 spiro atoms. The molecule has 4 rings (SSSR count). The van der Waals surface area contributed by atoms with Crippen LogP contribution in [-0.2, 0) is 0 Å². The standard InChI is InChI=1S/C10H15Cl2PSe/c11-13(12,14)10-4-7-1-8(5-10)3-9(2-7)6-10/h7-9H,1-6H2. The Morgan fingerprint density at radius 3 is 1.57 bits per heavy atom. The first kappa shape index (κ1) is 10.7. The summed E-state index contributed by atoms with van der Waals surface area (Å²) in [5, 5.41) is 0.324. The van der Waals surface area contributed by atoms with E-state index >= 15 is 0 Å². The zero-order valence-electron chi connectivity index (χ0n) is 8.09. The van der Waals surface area contributed by atoms with Gasteiger partial charge in [-0.15, -0.1) is 0 Å². The molecule has 4 aliphatic rings. The molecule has 0 saturated heterocycles. The average Bonchev–Trinajstić information content (AvgIpc) is 1.98. The maximum absolute atomic E-state index is 6.47. The Balaban J connectivity index is 1.99. The summed E-state index contributed by atoms with van der Waals surface area (Å²) in [6, 6.07) is 0. The minimum absolute atomic E-state index is 0.324. The second-order valence-electron chi connectivity index (χ2n) is 5.60. The van der Waals surface area contributed by atoms with Crippen molar-refractivity contribution in [2.75, 3.05) is 0 Å². The summed E-state index contributed by atoms with van der Waals surface area (Å²) in [4.78, 5) is 0. The molecule has 0 N–H and O–H groups in total. The fourth-order valence-electron chi connectivity index (χ4n) is 4.38. The molecule has 0 aromatic rings. The van der Waals surface area contributed by atoms with Crippen LogP contribution in [0.2, 0.25) is 0 Å². The molecule has 0 aliphatic heterocycles. The van der Waals surface area contributed by atoms with Crippen LogP contribution in [0.15, 0.2) is 0 Å². The summed E-state index contributed by atoms with van der Waals surface area (Å²) in [6.45, 7) is 0. The van der Waals surface area contributed by atoms with Gasteiger partial charge in [0.1, 0.15) is 0 Å². The predicted molar refractivity (Wildman–Crippen MR) is 65.3 cm³/mol. The Hall–Kier alpha value is 1.53. The second kappa shape index (κ2) is 3.27. The van der Waals surface area contributed by atoms with E-state index in [9.17, 15) is 0 Å². The molecule has 0 aromatic carbocycles. The van der Waals surface area contributed by atoms with E-state index in [-0.39, 0.29) is 0 Å². The van der Waals surface area contributed by atoms with Crippen LogP contribution in [0.3, 0.4) is 0 Å². The molecule has 0 amide bonds. The van der Waals surface area contributed by atoms with Crippen molar-refractivity contribution in [1.82, 2.24) is 0 Å². The molecular weight excluding hydrogens is 301 g/mol. The first-order valence-electron chi connectivity index (χ1n) is 5.48. The predicted octanol–water partition coefficient (Wildman–Crippen LogP) is 4.36. The van der Waals surface area contributed by atoms with Crippen molar-refractivity contribution in [3.8, 4) is 0 Å². The summed E-state index contributed by atoms with van der Waals surface area (Å²) < 4.78 is -1.80. The van der Waals surface area contributed by atoms with E-state index in [1.807, 2.05) is 0 Å². The molecule has 4 aliphatic carbocycles. The van der Waals surface area contributed by atoms with Gasteiger partial charge < -0.3 is 0 Å². The van der Waals surface area contributed by atoms with Gasteiger partial charge >= 0.3 is 103 Å². The van der Waals surface area contributed by atoms with Gasteiger partial charge in [0.15, 0.2) is 0 Å². The zero-order valence-corrected chi connectivity index (χ0v) is 12.2. The van der Waals surface area contributed by atoms with E-state index in [1.54, 1.807) is 0 Å². The third-order valence-electron chi connectivity index (χ3n) is 4.56. The summed E-state index contributed by atoms with van der Waals surface area (Å²) in [5.41, 5.74) is 0. The molecule has 0 atom stereocenters. The van der Waals surface area contributed by atoms with Crippen LogP contribution in [0.1, 0.15) is 38.5 Å². The van der Waals surface area contributed by atoms with Crippen molar-refractivity contribution < 1.29 is 0 Å². The number of hydrogen-bond donors (Lipinski definition) is 0. The van der Waals surface area contributed by atoms with E-state index in [0.717, 1.165) is 17.8 Å². The van der Waals surface area contributed by atoms with Crippen molar-refractivity contribution in [1.29, 1.82) is 0 Å². The van der Waals surface area contributed by atoms with E-state index in [1.165, 1.54) is 38.5 Å². The molecule has 0 radical (unpaired) electrons. The Kier molecular flexibility index (Phi) is 2.49. The number of hydrogen-bond acceptors (Lipinski definition) is 0. The van der Waals surface area contributed by atoms with Gasteiger partial charge in [-0.3, -0.25) is 0 Å². The molecule has 0 nitrogen and oxygen atoms in total. The first-order valence-corrected chi connectivity index (χ1v) is 11.3. The van der Waals surface area contributed by atoms with E-state index in [0.29, 0.717) is 5.16 Å². The molecule has 0 aromatic heterocycles. The van der Waals surface area contributed by atoms with Gasteiger partial charge in [0.25, 0.3) is 0 Å². The van der Waals surface area contributed by atoms with Crippen molar-refractivity contribution in [2.24, 2.45) is 17.8 Å². The summed E-state index contributed by atoms with van der Waals surface area (Å²) >= 11 is 16.1. The number of rotatable bonds is 1. The molecule has 80 valence electrons. The van der Waals surface area contributed by atoms with Crippen molar-refractivity contribution in [2.45, 2.75) is 43.7 Å². The number of halogens is 2. The van der Waals surface area contributed by atoms with Crippen LogP contribution in [-0.4, -0.2) is 20.3 Å². The van der Waals surface area contributed by atoms with E-state index in [4.69, 9.17) is 22.5 Å². The SMILES string of the molecule is ClP(Cl)(=[Se])C12CC3CC(CC(C3)C1)C2. The van der Waals surface area contributed by atoms with Gasteiger partial charge in [0, 0.05) is 0 Å². The molecule has 0 heterocycles. The fourth-order valence-corrected chi connectivity index (χ4v) is 8.45. The molecule has 0 unspecified atom stereocenters. The summed E-state index contributed by atoms with van der Waals surface area (Å²) in [6.07, 6.45) is 8.33. The van der Waals surface area contributed by atoms with Crippen molar-refractivity contribution in [3.63, 3.8) is 0 Å². The Morgan fingerprint density at radius 2 is 1.29 bits per heavy atom. The van der Waals surface area contributed by atoms with Crippen LogP contribution in [0, 0.1) is 17.8 Å². The van der Waals surface area contributed by atoms with Crippen LogP contribution >= 0.6 is 26.7 Å². The average molecular weight is 316 g/mol. The van der Waals surface area contributed by atoms with E-state index < -0.39 is 4.21 Å². The molecule has 14 heavy (non-hydrogen) atoms. The molecule has 4 heteroatoms. The van der Waals surface area contributed by atoms with Crippen LogP contribution in [0.4, 0.5) is 0 Å². The monoisotopic (exact) mass is 316 g/mol. The second-order valence-corrected chi connectivity index (χ2v) is 17.2. The zero-order chi connectivity index (χ0) is 9.97. The van der Waals surface area contributed by atoms with Crippen LogP contribution < -0.4 is 0 Å². The first-order chi connectivity index (χ1) is 6.48. The Morgan fingerprint density at radius 1 is 0.929 bits per heavy atom. The van der Waals surface area contributed by atoms with Gasteiger partial charge in [0.05, 0.1) is 0 Å². The quantitative estimate of drug-likeness (QED) is 0.498. The van der Waals surface area contributed by atoms with Gasteiger partial charge in [-0.05, 0) is 0 Å². The summed E-state index contributed by atoms with van der Waals surface area (Å²) in [5.74, 6) is 2.85. The van der Waals surface area contributed by atoms with Crippen molar-refractivity contribution in [3.05, 3.63) is 0 Å². The van der Waals surface area contributed by atoms with Crippen LogP contribution in [0.25, 0.3) is 0 Å². The molecular formula is C10H15Cl2PSe. The molecule has 4 bridgehead atoms. The maximum atomic E-state index is 6.47. The summed E-state index contributed by atoms with van der Waals surface area (Å²) in [7, 11) is 0. The van der Waals surface area contributed by atoms with Gasteiger partial charge in [-0.25, -0.2) is 0 Å². The molecule has 4 fully saturated rings. The third kappa shape index (κ3) is 1.51. The molecule has 4 saturated carbocycles. The minimum atomic E-state index is -1.80.